The largest absolute Gasteiger partial charge is 0.484 e. The molecule has 1 aliphatic rings. The van der Waals surface area contributed by atoms with E-state index in [2.05, 4.69) is 19.8 Å². The van der Waals surface area contributed by atoms with Gasteiger partial charge in [-0.2, -0.15) is 13.2 Å². The van der Waals surface area contributed by atoms with Crippen LogP contribution in [0.15, 0.2) is 79.3 Å². The molecule has 1 fully saturated rings. The first-order valence-electron chi connectivity index (χ1n) is 15.3. The number of thiophene rings is 1. The molecule has 14 heteroatoms. The zero-order valence-corrected chi connectivity index (χ0v) is 27.2. The molecule has 2 N–H and O–H groups in total. The fraction of sp³-hybridized carbons (Fsp3) is 0.294. The van der Waals surface area contributed by atoms with Crippen LogP contribution >= 0.6 is 11.3 Å². The van der Waals surface area contributed by atoms with Gasteiger partial charge in [-0.15, -0.1) is 11.3 Å². The number of pyridine rings is 1. The Bertz CT molecular complexity index is 1920. The van der Waals surface area contributed by atoms with Crippen LogP contribution in [0.1, 0.15) is 39.5 Å². The number of carbonyl (C=O) groups excluding carboxylic acids is 2. The number of nitrogens with two attached hydrogens (primary N) is 1. The third-order valence-electron chi connectivity index (χ3n) is 8.37. The molecule has 3 aromatic heterocycles. The molecule has 0 spiro atoms. The number of likely N-dealkylation sites (N-methyl/N-ethyl adjacent to an activating group) is 1. The van der Waals surface area contributed by atoms with Crippen LogP contribution in [0.3, 0.4) is 0 Å². The highest BCUT2D eigenvalue weighted by Gasteiger charge is 2.35. The lowest BCUT2D eigenvalue weighted by atomic mass is 10.0. The Morgan fingerprint density at radius 1 is 1.00 bits per heavy atom. The number of anilines is 1. The lowest BCUT2D eigenvalue weighted by molar-refractivity contribution is -0.139. The normalized spacial score (nSPS) is 15.0. The van der Waals surface area contributed by atoms with Crippen molar-refractivity contribution >= 4 is 39.9 Å². The van der Waals surface area contributed by atoms with Crippen molar-refractivity contribution in [1.29, 1.82) is 0 Å². The zero-order valence-electron chi connectivity index (χ0n) is 26.4. The molecule has 0 aliphatic carbocycles. The molecule has 2 amide bonds. The fourth-order valence-electron chi connectivity index (χ4n) is 5.75. The van der Waals surface area contributed by atoms with Crippen LogP contribution in [0.4, 0.5) is 18.9 Å². The van der Waals surface area contributed by atoms with Gasteiger partial charge in [0.15, 0.2) is 0 Å². The van der Waals surface area contributed by atoms with Crippen molar-refractivity contribution in [2.24, 2.45) is 5.73 Å². The SMILES string of the molecule is C[C@@H](Oc1cc(-n2cnc3cnc(CN4CCN(CC(=O)N(C)c5ccccc5)CC4)cc32)sc1C(N)=O)c1ccccc1C(F)(F)F. The Hall–Kier alpha value is -4.79. The predicted molar refractivity (Wildman–Crippen MR) is 177 cm³/mol. The number of fused-ring (bicyclic) bond motifs is 1. The maximum atomic E-state index is 13.7. The molecule has 1 atom stereocenters. The first kappa shape index (κ1) is 33.1. The topological polar surface area (TPSA) is 110 Å². The van der Waals surface area contributed by atoms with Crippen LogP contribution in [0, 0.1) is 0 Å². The van der Waals surface area contributed by atoms with Crippen LogP contribution < -0.4 is 15.4 Å². The number of aromatic nitrogens is 3. The van der Waals surface area contributed by atoms with Crippen LogP contribution in [0.25, 0.3) is 16.0 Å². The third kappa shape index (κ3) is 7.20. The predicted octanol–water partition coefficient (Wildman–Crippen LogP) is 5.52. The monoisotopic (exact) mass is 677 g/mol. The molecule has 0 bridgehead atoms. The molecular formula is C34H34F3N7O3S. The van der Waals surface area contributed by atoms with Gasteiger partial charge in [-0.05, 0) is 31.2 Å². The number of hydrogen-bond acceptors (Lipinski definition) is 8. The van der Waals surface area contributed by atoms with Crippen LogP contribution in [-0.2, 0) is 17.5 Å². The minimum atomic E-state index is -4.56. The van der Waals surface area contributed by atoms with Gasteiger partial charge >= 0.3 is 6.18 Å². The number of nitrogens with zero attached hydrogens (tertiary/aromatic N) is 6. The molecule has 250 valence electrons. The molecule has 1 aliphatic heterocycles. The van der Waals surface area contributed by atoms with Gasteiger partial charge in [0.1, 0.15) is 33.6 Å². The minimum Gasteiger partial charge on any atom is -0.484 e. The number of amides is 2. The van der Waals surface area contributed by atoms with Crippen molar-refractivity contribution in [1.82, 2.24) is 24.3 Å². The quantitative estimate of drug-likeness (QED) is 0.207. The summed E-state index contributed by atoms with van der Waals surface area (Å²) in [6.07, 6.45) is -2.29. The summed E-state index contributed by atoms with van der Waals surface area (Å²) in [6, 6.07) is 18.3. The van der Waals surface area contributed by atoms with Gasteiger partial charge in [0.25, 0.3) is 5.91 Å². The summed E-state index contributed by atoms with van der Waals surface area (Å²) in [5.41, 5.74) is 7.86. The van der Waals surface area contributed by atoms with Crippen LogP contribution in [0.5, 0.6) is 5.75 Å². The van der Waals surface area contributed by atoms with E-state index in [0.717, 1.165) is 60.5 Å². The number of halogens is 3. The molecular weight excluding hydrogens is 643 g/mol. The minimum absolute atomic E-state index is 0.0391. The molecule has 0 saturated carbocycles. The first-order chi connectivity index (χ1) is 23.0. The maximum Gasteiger partial charge on any atom is 0.416 e. The molecule has 0 unspecified atom stereocenters. The highest BCUT2D eigenvalue weighted by Crippen LogP contribution is 2.39. The summed E-state index contributed by atoms with van der Waals surface area (Å²) < 4.78 is 48.7. The third-order valence-corrected chi connectivity index (χ3v) is 9.50. The molecule has 0 radical (unpaired) electrons. The second-order valence-corrected chi connectivity index (χ2v) is 12.6. The van der Waals surface area contributed by atoms with E-state index in [1.54, 1.807) is 35.1 Å². The van der Waals surface area contributed by atoms with Gasteiger partial charge in [-0.3, -0.25) is 28.9 Å². The van der Waals surface area contributed by atoms with Gasteiger partial charge in [0, 0.05) is 57.1 Å². The fourth-order valence-corrected chi connectivity index (χ4v) is 6.67. The van der Waals surface area contributed by atoms with Crippen LogP contribution in [0.2, 0.25) is 0 Å². The van der Waals surface area contributed by atoms with E-state index in [0.29, 0.717) is 23.6 Å². The zero-order chi connectivity index (χ0) is 34.0. The van der Waals surface area contributed by atoms with E-state index in [9.17, 15) is 22.8 Å². The average Bonchev–Trinajstić information content (AvgIpc) is 3.69. The number of para-hydroxylation sites is 1. The molecule has 2 aromatic carbocycles. The van der Waals surface area contributed by atoms with E-state index in [-0.39, 0.29) is 22.1 Å². The van der Waals surface area contributed by atoms with Crippen molar-refractivity contribution in [3.63, 3.8) is 0 Å². The smallest absolute Gasteiger partial charge is 0.416 e. The number of carbonyl (C=O) groups is 2. The Labute approximate surface area is 279 Å². The average molecular weight is 678 g/mol. The molecule has 6 rings (SSSR count). The van der Waals surface area contributed by atoms with Crippen LogP contribution in [-0.4, -0.2) is 75.9 Å². The highest BCUT2D eigenvalue weighted by atomic mass is 32.1. The van der Waals surface area contributed by atoms with Crippen molar-refractivity contribution in [3.05, 3.63) is 101 Å². The summed E-state index contributed by atoms with van der Waals surface area (Å²) in [5.74, 6) is -0.622. The van der Waals surface area contributed by atoms with E-state index in [1.165, 1.54) is 25.1 Å². The Balaban J connectivity index is 1.14. The summed E-state index contributed by atoms with van der Waals surface area (Å²) >= 11 is 1.07. The number of benzene rings is 2. The molecule has 48 heavy (non-hydrogen) atoms. The summed E-state index contributed by atoms with van der Waals surface area (Å²) in [7, 11) is 1.79. The number of piperazine rings is 1. The van der Waals surface area contributed by atoms with E-state index < -0.39 is 23.8 Å². The number of primary amides is 1. The molecule has 5 aromatic rings. The Morgan fingerprint density at radius 2 is 1.69 bits per heavy atom. The lowest BCUT2D eigenvalue weighted by Gasteiger charge is -2.34. The van der Waals surface area contributed by atoms with Gasteiger partial charge in [0.05, 0.1) is 29.5 Å². The van der Waals surface area contributed by atoms with E-state index in [4.69, 9.17) is 10.5 Å². The molecule has 1 saturated heterocycles. The number of imidazole rings is 1. The second-order valence-electron chi connectivity index (χ2n) is 11.6. The van der Waals surface area contributed by atoms with Crippen molar-refractivity contribution in [2.75, 3.05) is 44.7 Å². The van der Waals surface area contributed by atoms with Crippen molar-refractivity contribution in [2.45, 2.75) is 25.7 Å². The summed E-state index contributed by atoms with van der Waals surface area (Å²) in [5, 5.41) is 0.563. The van der Waals surface area contributed by atoms with Gasteiger partial charge in [0.2, 0.25) is 5.91 Å². The standard InChI is InChI=1S/C34H34F3N7O3S/c1-22(25-10-6-7-11-26(25)34(35,36)37)47-29-17-31(48-32(29)33(38)46)44-21-40-27-18-39-23(16-28(27)44)19-42-12-14-43(15-13-42)20-30(45)41(2)24-8-4-3-5-9-24/h3-11,16-18,21-22H,12-15,19-20H2,1-2H3,(H2,38,46)/t22-/m1/s1. The first-order valence-corrected chi connectivity index (χ1v) is 16.1. The highest BCUT2D eigenvalue weighted by molar-refractivity contribution is 7.16. The second kappa shape index (κ2) is 13.7. The molecule has 10 nitrogen and oxygen atoms in total. The van der Waals surface area contributed by atoms with Gasteiger partial charge in [-0.1, -0.05) is 36.4 Å². The van der Waals surface area contributed by atoms with Gasteiger partial charge < -0.3 is 15.4 Å². The van der Waals surface area contributed by atoms with Gasteiger partial charge in [-0.25, -0.2) is 4.98 Å². The van der Waals surface area contributed by atoms with Crippen molar-refractivity contribution in [3.8, 4) is 10.8 Å². The number of rotatable bonds is 10. The maximum absolute atomic E-state index is 13.7. The van der Waals surface area contributed by atoms with Crippen molar-refractivity contribution < 1.29 is 27.5 Å². The number of alkyl halides is 3. The number of ether oxygens (including phenoxy) is 1. The molecule has 4 heterocycles. The Morgan fingerprint density at radius 3 is 2.40 bits per heavy atom. The van der Waals surface area contributed by atoms with E-state index in [1.807, 2.05) is 36.4 Å². The lowest BCUT2D eigenvalue weighted by Crippen LogP contribution is -2.49. The summed E-state index contributed by atoms with van der Waals surface area (Å²) in [6.45, 7) is 5.46. The van der Waals surface area contributed by atoms with E-state index >= 15 is 0 Å². The summed E-state index contributed by atoms with van der Waals surface area (Å²) in [4.78, 5) is 40.5. The number of hydrogen-bond donors (Lipinski definition) is 1. The Kier molecular flexibility index (Phi) is 9.49.